The van der Waals surface area contributed by atoms with Gasteiger partial charge in [-0.15, -0.1) is 5.10 Å². The lowest BCUT2D eigenvalue weighted by Crippen LogP contribution is -2.35. The molecular weight excluding hydrogens is 392 g/mol. The van der Waals surface area contributed by atoms with Crippen LogP contribution < -0.4 is 5.32 Å². The number of esters is 1. The van der Waals surface area contributed by atoms with Crippen LogP contribution in [0.2, 0.25) is 0 Å². The van der Waals surface area contributed by atoms with E-state index in [1.54, 1.807) is 19.1 Å². The molecule has 0 unspecified atom stereocenters. The number of aromatic nitrogens is 2. The fraction of sp³-hybridized carbons (Fsp3) is 0.375. The minimum atomic E-state index is -3.83. The molecule has 1 aromatic carbocycles. The normalized spacial score (nSPS) is 11.4. The number of aryl methyl sites for hydroxylation is 2. The molecule has 0 saturated heterocycles. The van der Waals surface area contributed by atoms with E-state index in [2.05, 4.69) is 14.9 Å². The molecule has 11 heteroatoms. The van der Waals surface area contributed by atoms with Gasteiger partial charge < -0.3 is 10.1 Å². The second-order valence-corrected chi connectivity index (χ2v) is 8.53. The Morgan fingerprint density at radius 2 is 1.96 bits per heavy atom. The Hall–Kier alpha value is -2.37. The molecule has 1 heterocycles. The molecule has 9 nitrogen and oxygen atoms in total. The van der Waals surface area contributed by atoms with Gasteiger partial charge in [0, 0.05) is 18.6 Å². The number of nitrogens with zero attached hydrogens (tertiary/aromatic N) is 3. The first-order chi connectivity index (χ1) is 12.7. The number of benzene rings is 1. The van der Waals surface area contributed by atoms with Gasteiger partial charge in [0.25, 0.3) is 0 Å². The number of hydrogen-bond donors (Lipinski definition) is 1. The second kappa shape index (κ2) is 8.55. The van der Waals surface area contributed by atoms with E-state index in [0.29, 0.717) is 0 Å². The molecule has 146 valence electrons. The zero-order valence-electron chi connectivity index (χ0n) is 15.3. The fourth-order valence-electron chi connectivity index (χ4n) is 2.11. The molecule has 0 bridgehead atoms. The quantitative estimate of drug-likeness (QED) is 0.686. The van der Waals surface area contributed by atoms with Gasteiger partial charge in [-0.1, -0.05) is 10.6 Å². The topological polar surface area (TPSA) is 119 Å². The number of rotatable bonds is 7. The number of ether oxygens (including phenoxy) is 1. The van der Waals surface area contributed by atoms with E-state index in [1.165, 1.54) is 13.1 Å². The van der Waals surface area contributed by atoms with Crippen LogP contribution in [0.1, 0.15) is 28.5 Å². The van der Waals surface area contributed by atoms with Crippen molar-refractivity contribution in [3.63, 3.8) is 0 Å². The highest BCUT2D eigenvalue weighted by Crippen LogP contribution is 2.20. The summed E-state index contributed by atoms with van der Waals surface area (Å²) in [6.07, 6.45) is 0. The zero-order valence-corrected chi connectivity index (χ0v) is 17.0. The smallest absolute Gasteiger partial charge is 0.362 e. The van der Waals surface area contributed by atoms with Gasteiger partial charge in [0.2, 0.25) is 21.6 Å². The fourth-order valence-corrected chi connectivity index (χ4v) is 3.90. The van der Waals surface area contributed by atoms with Gasteiger partial charge in [0.05, 0.1) is 18.0 Å². The molecule has 1 aromatic heterocycles. The third-order valence-corrected chi connectivity index (χ3v) is 6.20. The lowest BCUT2D eigenvalue weighted by Gasteiger charge is -2.17. The van der Waals surface area contributed by atoms with Crippen molar-refractivity contribution in [1.29, 1.82) is 0 Å². The molecule has 1 amide bonds. The molecule has 0 atom stereocenters. The molecule has 0 saturated carbocycles. The number of carbonyl (C=O) groups excluding carboxylic acids is 2. The predicted octanol–water partition coefficient (Wildman–Crippen LogP) is 1.59. The minimum absolute atomic E-state index is 0.104. The molecule has 2 rings (SSSR count). The predicted molar refractivity (Wildman–Crippen MR) is 100 cm³/mol. The van der Waals surface area contributed by atoms with Gasteiger partial charge in [0.1, 0.15) is 0 Å². The molecule has 0 radical (unpaired) electrons. The van der Waals surface area contributed by atoms with Crippen molar-refractivity contribution < 1.29 is 22.7 Å². The van der Waals surface area contributed by atoms with Gasteiger partial charge in [-0.3, -0.25) is 4.79 Å². The number of sulfonamides is 1. The molecule has 0 aliphatic heterocycles. The largest absolute Gasteiger partial charge is 0.461 e. The summed E-state index contributed by atoms with van der Waals surface area (Å²) in [6.45, 7) is 5.06. The summed E-state index contributed by atoms with van der Waals surface area (Å²) >= 11 is 0.805. The Morgan fingerprint density at radius 1 is 1.26 bits per heavy atom. The standard InChI is InChI=1S/C16H20N4O5S2/c1-5-25-16(22)14-15(26-19-18-14)17-13(21)9-20(4)27(23,24)12-7-6-10(2)11(3)8-12/h6-8H,5,9H2,1-4H3,(H,17,21). The first-order valence-electron chi connectivity index (χ1n) is 7.99. The summed E-state index contributed by atoms with van der Waals surface area (Å²) in [4.78, 5) is 24.1. The number of anilines is 1. The van der Waals surface area contributed by atoms with Crippen molar-refractivity contribution in [2.45, 2.75) is 25.7 Å². The molecule has 0 fully saturated rings. The summed E-state index contributed by atoms with van der Waals surface area (Å²) in [7, 11) is -2.53. The number of hydrogen-bond acceptors (Lipinski definition) is 8. The average molecular weight is 412 g/mol. The highest BCUT2D eigenvalue weighted by molar-refractivity contribution is 7.89. The lowest BCUT2D eigenvalue weighted by molar-refractivity contribution is -0.116. The summed E-state index contributed by atoms with van der Waals surface area (Å²) in [6, 6.07) is 4.77. The van der Waals surface area contributed by atoms with E-state index >= 15 is 0 Å². The Balaban J connectivity index is 2.10. The molecular formula is C16H20N4O5S2. The maximum Gasteiger partial charge on any atom is 0.362 e. The molecule has 1 N–H and O–H groups in total. The average Bonchev–Trinajstić information content (AvgIpc) is 3.05. The van der Waals surface area contributed by atoms with Gasteiger partial charge in [-0.2, -0.15) is 4.31 Å². The van der Waals surface area contributed by atoms with Crippen LogP contribution in [0.15, 0.2) is 23.1 Å². The molecule has 0 aliphatic carbocycles. The highest BCUT2D eigenvalue weighted by Gasteiger charge is 2.25. The zero-order chi connectivity index (χ0) is 20.2. The van der Waals surface area contributed by atoms with E-state index < -0.39 is 28.4 Å². The summed E-state index contributed by atoms with van der Waals surface area (Å²) < 4.78 is 34.7. The molecule has 2 aromatic rings. The van der Waals surface area contributed by atoms with Crippen LogP contribution in [-0.2, 0) is 19.6 Å². The monoisotopic (exact) mass is 412 g/mol. The minimum Gasteiger partial charge on any atom is -0.461 e. The van der Waals surface area contributed by atoms with Crippen LogP contribution in [0, 0.1) is 13.8 Å². The second-order valence-electron chi connectivity index (χ2n) is 5.73. The van der Waals surface area contributed by atoms with Crippen LogP contribution in [-0.4, -0.2) is 54.4 Å². The van der Waals surface area contributed by atoms with E-state index in [0.717, 1.165) is 27.0 Å². The Bertz CT molecular complexity index is 955. The van der Waals surface area contributed by atoms with Crippen molar-refractivity contribution in [3.8, 4) is 0 Å². The van der Waals surface area contributed by atoms with Crippen molar-refractivity contribution >= 4 is 38.4 Å². The van der Waals surface area contributed by atoms with Gasteiger partial charge in [0.15, 0.2) is 5.00 Å². The maximum absolute atomic E-state index is 12.6. The number of amides is 1. The van der Waals surface area contributed by atoms with Crippen LogP contribution in [0.4, 0.5) is 5.00 Å². The first kappa shape index (κ1) is 20.9. The van der Waals surface area contributed by atoms with Crippen molar-refractivity contribution in [3.05, 3.63) is 35.0 Å². The van der Waals surface area contributed by atoms with Gasteiger partial charge >= 0.3 is 5.97 Å². The summed E-state index contributed by atoms with van der Waals surface area (Å²) in [5.41, 5.74) is 1.69. The Kier molecular flexibility index (Phi) is 6.63. The third-order valence-electron chi connectivity index (χ3n) is 3.76. The SMILES string of the molecule is CCOC(=O)c1nnsc1NC(=O)CN(C)S(=O)(=O)c1ccc(C)c(C)c1. The number of carbonyl (C=O) groups is 2. The van der Waals surface area contributed by atoms with Crippen LogP contribution in [0.3, 0.4) is 0 Å². The molecule has 0 aliphatic rings. The summed E-state index contributed by atoms with van der Waals surface area (Å²) in [5, 5.41) is 6.19. The molecule has 0 spiro atoms. The Labute approximate surface area is 161 Å². The van der Waals surface area contributed by atoms with Crippen molar-refractivity contribution in [2.24, 2.45) is 0 Å². The Morgan fingerprint density at radius 3 is 2.59 bits per heavy atom. The van der Waals surface area contributed by atoms with Crippen molar-refractivity contribution in [1.82, 2.24) is 13.9 Å². The van der Waals surface area contributed by atoms with Gasteiger partial charge in [-0.25, -0.2) is 13.2 Å². The van der Waals surface area contributed by atoms with Crippen LogP contribution >= 0.6 is 11.5 Å². The first-order valence-corrected chi connectivity index (χ1v) is 10.2. The third kappa shape index (κ3) is 4.87. The van der Waals surface area contributed by atoms with Crippen LogP contribution in [0.5, 0.6) is 0 Å². The lowest BCUT2D eigenvalue weighted by atomic mass is 10.1. The van der Waals surface area contributed by atoms with E-state index in [1.807, 2.05) is 13.8 Å². The summed E-state index contributed by atoms with van der Waals surface area (Å²) in [5.74, 6) is -1.33. The molecule has 27 heavy (non-hydrogen) atoms. The van der Waals surface area contributed by atoms with Gasteiger partial charge in [-0.05, 0) is 44.0 Å². The number of likely N-dealkylation sites (N-methyl/N-ethyl adjacent to an activating group) is 1. The highest BCUT2D eigenvalue weighted by atomic mass is 32.2. The van der Waals surface area contributed by atoms with Crippen molar-refractivity contribution in [2.75, 3.05) is 25.5 Å². The van der Waals surface area contributed by atoms with E-state index in [9.17, 15) is 18.0 Å². The van der Waals surface area contributed by atoms with E-state index in [4.69, 9.17) is 4.74 Å². The maximum atomic E-state index is 12.6. The van der Waals surface area contributed by atoms with Crippen LogP contribution in [0.25, 0.3) is 0 Å². The van der Waals surface area contributed by atoms with E-state index in [-0.39, 0.29) is 22.2 Å². The number of nitrogens with one attached hydrogen (secondary N) is 1.